The average molecular weight is 551 g/mol. The number of hydrogen-bond donors (Lipinski definition) is 1. The molecule has 2 aromatic carbocycles. The number of aromatic nitrogens is 2. The summed E-state index contributed by atoms with van der Waals surface area (Å²) < 4.78 is 21.2. The second-order valence-corrected chi connectivity index (χ2v) is 12.3. The third-order valence-electron chi connectivity index (χ3n) is 7.19. The molecule has 1 N–H and O–H groups in total. The molecule has 1 saturated heterocycles. The minimum Gasteiger partial charge on any atom is -0.376 e. The van der Waals surface area contributed by atoms with Crippen molar-refractivity contribution in [1.82, 2.24) is 15.1 Å². The molecule has 0 spiro atoms. The molecule has 9 heteroatoms. The number of hydrogen-bond acceptors (Lipinski definition) is 5. The summed E-state index contributed by atoms with van der Waals surface area (Å²) in [4.78, 5) is 28.5. The molecule has 1 aromatic heterocycles. The highest BCUT2D eigenvalue weighted by Gasteiger charge is 2.40. The molecular weight excluding hydrogens is 515 g/mol. The van der Waals surface area contributed by atoms with Crippen molar-refractivity contribution in [1.29, 1.82) is 0 Å². The first-order valence-electron chi connectivity index (χ1n) is 13.4. The average Bonchev–Trinajstić information content (AvgIpc) is 3.53. The molecule has 206 valence electrons. The lowest BCUT2D eigenvalue weighted by molar-refractivity contribution is -0.123. The molecule has 5 rings (SSSR count). The van der Waals surface area contributed by atoms with Crippen molar-refractivity contribution in [3.63, 3.8) is 0 Å². The quantitative estimate of drug-likeness (QED) is 0.463. The lowest BCUT2D eigenvalue weighted by Crippen LogP contribution is -2.44. The summed E-state index contributed by atoms with van der Waals surface area (Å²) in [5, 5.41) is 7.83. The Balaban J connectivity index is 1.66. The highest BCUT2D eigenvalue weighted by Crippen LogP contribution is 2.49. The van der Waals surface area contributed by atoms with Crippen LogP contribution in [0.1, 0.15) is 61.2 Å². The molecule has 39 heavy (non-hydrogen) atoms. The number of carbonyl (C=O) groups is 2. The number of halogens is 1. The van der Waals surface area contributed by atoms with Crippen LogP contribution in [0.4, 0.5) is 10.2 Å². The number of fused-ring (bicyclic) bond motifs is 1. The molecule has 0 radical (unpaired) electrons. The molecule has 0 bridgehead atoms. The fourth-order valence-electron chi connectivity index (χ4n) is 5.19. The maximum absolute atomic E-state index is 13.9. The summed E-state index contributed by atoms with van der Waals surface area (Å²) in [5.74, 6) is -0.0221. The van der Waals surface area contributed by atoms with Crippen molar-refractivity contribution < 1.29 is 18.7 Å². The molecule has 1 fully saturated rings. The van der Waals surface area contributed by atoms with E-state index in [0.29, 0.717) is 24.7 Å². The van der Waals surface area contributed by atoms with Gasteiger partial charge in [0.25, 0.3) is 0 Å². The fraction of sp³-hybridized carbons (Fsp3) is 0.433. The SMILES string of the molecule is Cc1ccccc1[C@@H]1SCC(=O)N(CC(=O)NC[C@H]2CCCO2)c2c1c(C(C)(C)C)nn2-c1ccc(F)cc1. The molecule has 7 nitrogen and oxygen atoms in total. The largest absolute Gasteiger partial charge is 0.376 e. The Morgan fingerprint density at radius 3 is 2.59 bits per heavy atom. The van der Waals surface area contributed by atoms with Gasteiger partial charge in [0.2, 0.25) is 11.8 Å². The van der Waals surface area contributed by atoms with Gasteiger partial charge >= 0.3 is 0 Å². The van der Waals surface area contributed by atoms with Gasteiger partial charge in [-0.1, -0.05) is 45.0 Å². The maximum atomic E-state index is 13.9. The molecule has 2 aliphatic rings. The van der Waals surface area contributed by atoms with Crippen molar-refractivity contribution >= 4 is 29.4 Å². The number of nitrogens with zero attached hydrogens (tertiary/aromatic N) is 3. The molecular formula is C30H35FN4O3S. The van der Waals surface area contributed by atoms with Crippen LogP contribution in [-0.2, 0) is 19.7 Å². The van der Waals surface area contributed by atoms with E-state index in [4.69, 9.17) is 9.84 Å². The Morgan fingerprint density at radius 1 is 1.18 bits per heavy atom. The Hall–Kier alpha value is -3.17. The Bertz CT molecular complexity index is 1360. The first-order chi connectivity index (χ1) is 18.6. The van der Waals surface area contributed by atoms with Crippen LogP contribution in [0.5, 0.6) is 0 Å². The minimum atomic E-state index is -0.363. The zero-order valence-electron chi connectivity index (χ0n) is 22.9. The van der Waals surface area contributed by atoms with Crippen molar-refractivity contribution in [2.45, 2.75) is 57.3 Å². The number of rotatable bonds is 6. The Morgan fingerprint density at radius 2 is 1.92 bits per heavy atom. The summed E-state index contributed by atoms with van der Waals surface area (Å²) in [6.07, 6.45) is 1.90. The third kappa shape index (κ3) is 5.75. The lowest BCUT2D eigenvalue weighted by atomic mass is 9.86. The van der Waals surface area contributed by atoms with E-state index in [9.17, 15) is 14.0 Å². The number of ether oxygens (including phenoxy) is 1. The van der Waals surface area contributed by atoms with Crippen LogP contribution in [-0.4, -0.2) is 53.1 Å². The summed E-state index contributed by atoms with van der Waals surface area (Å²) in [7, 11) is 0. The van der Waals surface area contributed by atoms with Crippen LogP contribution in [0, 0.1) is 12.7 Å². The molecule has 2 atom stereocenters. The standard InChI is InChI=1S/C30H35FN4O3S/c1-19-8-5-6-10-23(19)27-26-28(30(2,3)4)33-35(21-13-11-20(31)12-14-21)29(26)34(25(37)18-39-27)17-24(36)32-16-22-9-7-15-38-22/h5-6,8,10-14,22,27H,7,9,15-18H2,1-4H3,(H,32,36)/t22-,27+/m1/s1. The number of aryl methyl sites for hydroxylation is 1. The fourth-order valence-corrected chi connectivity index (χ4v) is 6.49. The molecule has 0 unspecified atom stereocenters. The molecule has 3 aromatic rings. The van der Waals surface area contributed by atoms with Crippen molar-refractivity contribution in [3.05, 3.63) is 76.7 Å². The van der Waals surface area contributed by atoms with Crippen LogP contribution in [0.25, 0.3) is 5.69 Å². The van der Waals surface area contributed by atoms with Gasteiger partial charge in [0.1, 0.15) is 18.2 Å². The van der Waals surface area contributed by atoms with Gasteiger partial charge in [-0.2, -0.15) is 5.10 Å². The van der Waals surface area contributed by atoms with Gasteiger partial charge in [-0.25, -0.2) is 9.07 Å². The second-order valence-electron chi connectivity index (χ2n) is 11.2. The van der Waals surface area contributed by atoms with Crippen LogP contribution in [0.15, 0.2) is 48.5 Å². The number of carbonyl (C=O) groups excluding carboxylic acids is 2. The Labute approximate surface area is 233 Å². The zero-order valence-corrected chi connectivity index (χ0v) is 23.7. The molecule has 0 aliphatic carbocycles. The molecule has 3 heterocycles. The van der Waals surface area contributed by atoms with E-state index in [1.54, 1.807) is 33.5 Å². The van der Waals surface area contributed by atoms with Crippen LogP contribution >= 0.6 is 11.8 Å². The van der Waals surface area contributed by atoms with Crippen molar-refractivity contribution in [2.75, 3.05) is 30.3 Å². The third-order valence-corrected chi connectivity index (χ3v) is 8.43. The van der Waals surface area contributed by atoms with E-state index in [1.807, 2.05) is 12.1 Å². The summed E-state index contributed by atoms with van der Waals surface area (Å²) in [5.41, 5.74) is 4.22. The van der Waals surface area contributed by atoms with E-state index >= 15 is 0 Å². The van der Waals surface area contributed by atoms with E-state index < -0.39 is 0 Å². The predicted molar refractivity (Wildman–Crippen MR) is 152 cm³/mol. The molecule has 2 aliphatic heterocycles. The number of anilines is 1. The van der Waals surface area contributed by atoms with Gasteiger partial charge in [0.15, 0.2) is 0 Å². The number of benzene rings is 2. The lowest BCUT2D eigenvalue weighted by Gasteiger charge is -2.25. The normalized spacial score (nSPS) is 19.6. The topological polar surface area (TPSA) is 76.5 Å². The van der Waals surface area contributed by atoms with E-state index in [0.717, 1.165) is 35.2 Å². The van der Waals surface area contributed by atoms with Crippen LogP contribution < -0.4 is 10.2 Å². The zero-order chi connectivity index (χ0) is 27.7. The smallest absolute Gasteiger partial charge is 0.240 e. The monoisotopic (exact) mass is 550 g/mol. The second kappa shape index (κ2) is 11.1. The van der Waals surface area contributed by atoms with E-state index in [1.165, 1.54) is 12.1 Å². The summed E-state index contributed by atoms with van der Waals surface area (Å²) in [6.45, 7) is 9.33. The van der Waals surface area contributed by atoms with Gasteiger partial charge in [-0.15, -0.1) is 11.8 Å². The summed E-state index contributed by atoms with van der Waals surface area (Å²) in [6, 6.07) is 14.2. The van der Waals surface area contributed by atoms with Crippen molar-refractivity contribution in [3.8, 4) is 5.69 Å². The van der Waals surface area contributed by atoms with Crippen LogP contribution in [0.2, 0.25) is 0 Å². The first-order valence-corrected chi connectivity index (χ1v) is 14.4. The number of thioether (sulfide) groups is 1. The highest BCUT2D eigenvalue weighted by molar-refractivity contribution is 8.00. The van der Waals surface area contributed by atoms with Gasteiger partial charge in [0.05, 0.1) is 28.5 Å². The van der Waals surface area contributed by atoms with Gasteiger partial charge in [-0.05, 0) is 55.2 Å². The van der Waals surface area contributed by atoms with Crippen LogP contribution in [0.3, 0.4) is 0 Å². The number of nitrogens with one attached hydrogen (secondary N) is 1. The Kier molecular flexibility index (Phi) is 7.82. The predicted octanol–water partition coefficient (Wildman–Crippen LogP) is 5.08. The van der Waals surface area contributed by atoms with Crippen molar-refractivity contribution in [2.24, 2.45) is 0 Å². The maximum Gasteiger partial charge on any atom is 0.240 e. The number of amides is 2. The van der Waals surface area contributed by atoms with Gasteiger partial charge in [-0.3, -0.25) is 14.5 Å². The highest BCUT2D eigenvalue weighted by atomic mass is 32.2. The molecule has 0 saturated carbocycles. The van der Waals surface area contributed by atoms with E-state index in [-0.39, 0.29) is 46.7 Å². The minimum absolute atomic E-state index is 0.00238. The van der Waals surface area contributed by atoms with Gasteiger partial charge < -0.3 is 10.1 Å². The van der Waals surface area contributed by atoms with E-state index in [2.05, 4.69) is 45.1 Å². The first kappa shape index (κ1) is 27.4. The summed E-state index contributed by atoms with van der Waals surface area (Å²) >= 11 is 1.55. The molecule has 2 amide bonds. The van der Waals surface area contributed by atoms with Gasteiger partial charge in [0, 0.05) is 24.1 Å².